The Kier molecular flexibility index (Phi) is 11.8. The molecule has 12 aromatic rings. The third-order valence-electron chi connectivity index (χ3n) is 16.4. The summed E-state index contributed by atoms with van der Waals surface area (Å²) in [5.41, 5.74) is 11.2. The first-order valence-corrected chi connectivity index (χ1v) is 27.1. The average molecular weight is 964 g/mol. The average Bonchev–Trinajstić information content (AvgIpc) is 3.48. The number of anilines is 3. The van der Waals surface area contributed by atoms with Crippen molar-refractivity contribution in [3.63, 3.8) is 0 Å². The van der Waals surface area contributed by atoms with Gasteiger partial charge in [0.05, 0.1) is 0 Å². The molecule has 1 aliphatic heterocycles. The van der Waals surface area contributed by atoms with Crippen LogP contribution in [-0.2, 0) is 0 Å². The second kappa shape index (κ2) is 18.9. The molecule has 0 atom stereocenters. The lowest BCUT2D eigenvalue weighted by atomic mass is 9.35. The van der Waals surface area contributed by atoms with Crippen LogP contribution in [0.3, 0.4) is 0 Å². The first-order valence-electron chi connectivity index (χ1n) is 27.1. The van der Waals surface area contributed by atoms with Gasteiger partial charge in [0, 0.05) is 17.1 Å². The largest absolute Gasteiger partial charge is 0.416 e. The molecular weight excluding hydrogens is 903 g/mol. The molecule has 12 aromatic carbocycles. The van der Waals surface area contributed by atoms with Crippen molar-refractivity contribution in [2.24, 2.45) is 0 Å². The Bertz CT molecular complexity index is 3500. The van der Waals surface area contributed by atoms with Crippen molar-refractivity contribution in [2.75, 3.05) is 14.2 Å². The molecular formula is C69H60B3N3. The molecule has 75 heavy (non-hydrogen) atoms. The zero-order chi connectivity index (χ0) is 50.9. The van der Waals surface area contributed by atoms with Crippen molar-refractivity contribution in [3.8, 4) is 0 Å². The molecule has 1 saturated heterocycles. The van der Waals surface area contributed by atoms with Gasteiger partial charge in [0.25, 0.3) is 0 Å². The van der Waals surface area contributed by atoms with Gasteiger partial charge >= 0.3 is 20.9 Å². The normalized spacial score (nSPS) is 13.4. The van der Waals surface area contributed by atoms with E-state index in [9.17, 15) is 0 Å². The molecule has 1 aliphatic rings. The second-order valence-electron chi connectivity index (χ2n) is 21.8. The van der Waals surface area contributed by atoms with E-state index in [1.807, 2.05) is 0 Å². The van der Waals surface area contributed by atoms with Crippen LogP contribution in [-0.4, -0.2) is 20.9 Å². The predicted octanol–water partition coefficient (Wildman–Crippen LogP) is 16.0. The summed E-state index contributed by atoms with van der Waals surface area (Å²) >= 11 is 0. The van der Waals surface area contributed by atoms with Gasteiger partial charge in [-0.1, -0.05) is 224 Å². The maximum atomic E-state index is 2.82. The van der Waals surface area contributed by atoms with Crippen molar-refractivity contribution in [2.45, 2.75) is 59.3 Å². The maximum Gasteiger partial charge on any atom is 0.390 e. The number of rotatable bonds is 9. The van der Waals surface area contributed by atoms with Gasteiger partial charge in [0.15, 0.2) is 0 Å². The molecule has 0 N–H and O–H groups in total. The zero-order valence-corrected chi connectivity index (χ0v) is 43.8. The van der Waals surface area contributed by atoms with Crippen LogP contribution in [0.2, 0.25) is 0 Å². The van der Waals surface area contributed by atoms with Crippen LogP contribution in [0.25, 0.3) is 64.6 Å². The van der Waals surface area contributed by atoms with E-state index in [-0.39, 0.29) is 20.9 Å². The van der Waals surface area contributed by atoms with Crippen molar-refractivity contribution < 1.29 is 0 Å². The highest BCUT2D eigenvalue weighted by Gasteiger charge is 2.58. The molecule has 1 heterocycles. The maximum absolute atomic E-state index is 2.82. The van der Waals surface area contributed by atoms with Crippen molar-refractivity contribution in [1.82, 2.24) is 0 Å². The minimum atomic E-state index is -0.382. The van der Waals surface area contributed by atoms with Crippen LogP contribution in [0.4, 0.5) is 17.1 Å². The second-order valence-corrected chi connectivity index (χ2v) is 21.8. The SMILES string of the molecule is CC(C)c1ccc(N2B(c3c4ccccc4cc4ccccc34)N(c3ccc(C(C)C)cc3)B(c3c4ccccc4cc4ccccc34)N(c3ccc(C(C)C)cc3)B2c2c3ccccc3cc3ccccc23)cc1. The van der Waals surface area contributed by atoms with Crippen LogP contribution in [0.1, 0.15) is 76.0 Å². The van der Waals surface area contributed by atoms with Crippen LogP contribution in [0.15, 0.2) is 237 Å². The summed E-state index contributed by atoms with van der Waals surface area (Å²) in [6.07, 6.45) is 0. The lowest BCUT2D eigenvalue weighted by Crippen LogP contribution is -2.86. The lowest BCUT2D eigenvalue weighted by Gasteiger charge is -2.57. The summed E-state index contributed by atoms with van der Waals surface area (Å²) in [5.74, 6) is 1.10. The van der Waals surface area contributed by atoms with Gasteiger partial charge in [-0.2, -0.15) is 0 Å². The van der Waals surface area contributed by atoms with Gasteiger partial charge in [-0.3, -0.25) is 0 Å². The van der Waals surface area contributed by atoms with Gasteiger partial charge in [-0.25, -0.2) is 0 Å². The first-order chi connectivity index (χ1) is 36.7. The molecule has 0 spiro atoms. The number of hydrogen-bond acceptors (Lipinski definition) is 3. The molecule has 0 bridgehead atoms. The van der Waals surface area contributed by atoms with E-state index in [0.717, 1.165) is 17.1 Å². The molecule has 13 rings (SSSR count). The number of hydrogen-bond donors (Lipinski definition) is 0. The molecule has 0 unspecified atom stereocenters. The quantitative estimate of drug-likeness (QED) is 0.105. The van der Waals surface area contributed by atoms with E-state index in [2.05, 4.69) is 292 Å². The third kappa shape index (κ3) is 7.93. The Labute approximate surface area is 443 Å². The molecule has 3 nitrogen and oxygen atoms in total. The van der Waals surface area contributed by atoms with E-state index in [1.54, 1.807) is 0 Å². The summed E-state index contributed by atoms with van der Waals surface area (Å²) in [6.45, 7) is 12.7. The molecule has 0 radical (unpaired) electrons. The van der Waals surface area contributed by atoms with Crippen LogP contribution in [0, 0.1) is 0 Å². The fraction of sp³-hybridized carbons (Fsp3) is 0.130. The Morgan fingerprint density at radius 1 is 0.240 bits per heavy atom. The van der Waals surface area contributed by atoms with Crippen molar-refractivity contribution in [3.05, 3.63) is 253 Å². The van der Waals surface area contributed by atoms with E-state index in [1.165, 1.54) is 97.7 Å². The first kappa shape index (κ1) is 46.6. The monoisotopic (exact) mass is 964 g/mol. The topological polar surface area (TPSA) is 9.72 Å². The predicted molar refractivity (Wildman–Crippen MR) is 330 cm³/mol. The van der Waals surface area contributed by atoms with Crippen LogP contribution >= 0.6 is 0 Å². The molecule has 6 heteroatoms. The molecule has 0 aromatic heterocycles. The number of fused-ring (bicyclic) bond motifs is 6. The fourth-order valence-corrected chi connectivity index (χ4v) is 12.6. The lowest BCUT2D eigenvalue weighted by molar-refractivity contribution is 0.867. The third-order valence-corrected chi connectivity index (χ3v) is 16.4. The van der Waals surface area contributed by atoms with Gasteiger partial charge < -0.3 is 14.2 Å². The summed E-state index contributed by atoms with van der Waals surface area (Å²) in [4.78, 5) is 0. The molecule has 0 aliphatic carbocycles. The smallest absolute Gasteiger partial charge is 0.390 e. The highest BCUT2D eigenvalue weighted by atomic mass is 15.3. The highest BCUT2D eigenvalue weighted by molar-refractivity contribution is 7.17. The van der Waals surface area contributed by atoms with Gasteiger partial charge in [-0.15, -0.1) is 0 Å². The van der Waals surface area contributed by atoms with Crippen molar-refractivity contribution >= 4 is 119 Å². The fourth-order valence-electron chi connectivity index (χ4n) is 12.6. The number of benzene rings is 12. The zero-order valence-electron chi connectivity index (χ0n) is 43.8. The van der Waals surface area contributed by atoms with Gasteiger partial charge in [0.1, 0.15) is 0 Å². The Hall–Kier alpha value is -8.21. The molecule has 0 saturated carbocycles. The van der Waals surface area contributed by atoms with E-state index < -0.39 is 0 Å². The van der Waals surface area contributed by atoms with Crippen molar-refractivity contribution in [1.29, 1.82) is 0 Å². The summed E-state index contributed by atoms with van der Waals surface area (Å²) in [6, 6.07) is 90.7. The molecule has 360 valence electrons. The van der Waals surface area contributed by atoms with Gasteiger partial charge in [0.2, 0.25) is 0 Å². The van der Waals surface area contributed by atoms with E-state index in [4.69, 9.17) is 0 Å². The standard InChI is InChI=1S/C69H60B3N3/c1-46(2)49-31-37-58(38-32-49)73-70(67-61-25-13-7-19-52(61)43-53-20-8-14-26-62(53)67)74(59-39-33-50(34-40-59)47(3)4)72(69-65-29-17-11-23-56(65)45-57-24-12-18-30-66(57)69)75(60-41-35-51(36-42-60)48(5)6)71(73)68-63-27-15-9-21-54(63)44-55-22-10-16-28-64(55)68/h7-48H,1-6H3. The van der Waals surface area contributed by atoms with Gasteiger partial charge in [-0.05, 0) is 170 Å². The summed E-state index contributed by atoms with van der Waals surface area (Å²) in [7, 11) is 0. The number of nitrogens with zero attached hydrogens (tertiary/aromatic N) is 3. The minimum absolute atomic E-state index is 0.368. The summed E-state index contributed by atoms with van der Waals surface area (Å²) in [5, 5.41) is 14.8. The highest BCUT2D eigenvalue weighted by Crippen LogP contribution is 2.40. The Morgan fingerprint density at radius 3 is 0.613 bits per heavy atom. The van der Waals surface area contributed by atoms with E-state index >= 15 is 0 Å². The van der Waals surface area contributed by atoms with E-state index in [0.29, 0.717) is 17.8 Å². The molecule has 0 amide bonds. The molecule has 1 fully saturated rings. The Balaban J connectivity index is 1.30. The van der Waals surface area contributed by atoms with Crippen LogP contribution in [0.5, 0.6) is 0 Å². The summed E-state index contributed by atoms with van der Waals surface area (Å²) < 4.78 is 8.47. The minimum Gasteiger partial charge on any atom is -0.416 e. The van der Waals surface area contributed by atoms with Crippen LogP contribution < -0.4 is 30.6 Å². The Morgan fingerprint density at radius 2 is 0.427 bits per heavy atom.